The number of sulfone groups is 1. The van der Waals surface area contributed by atoms with Gasteiger partial charge in [-0.1, -0.05) is 6.07 Å². The van der Waals surface area contributed by atoms with Crippen molar-refractivity contribution in [1.29, 1.82) is 0 Å². The van der Waals surface area contributed by atoms with Gasteiger partial charge in [-0.05, 0) is 18.2 Å². The molecule has 8 nitrogen and oxygen atoms in total. The molecule has 0 radical (unpaired) electrons. The molecule has 0 unspecified atom stereocenters. The van der Waals surface area contributed by atoms with Crippen LogP contribution in [0.3, 0.4) is 0 Å². The standard InChI is InChI=1S/C10H8F3N5O3S/c11-10(12,13)22(20,21)6-3-1-2-5(4-6)15-8(19)7-16-9(14)18-17-7/h1-4H,(H,15,19)(H3,14,16,17,18). The molecule has 0 saturated heterocycles. The van der Waals surface area contributed by atoms with Gasteiger partial charge in [0, 0.05) is 5.69 Å². The van der Waals surface area contributed by atoms with Gasteiger partial charge in [-0.3, -0.25) is 9.89 Å². The third-order valence-electron chi connectivity index (χ3n) is 2.42. The first-order valence-electron chi connectivity index (χ1n) is 5.52. The van der Waals surface area contributed by atoms with Crippen LogP contribution in [0.15, 0.2) is 29.2 Å². The van der Waals surface area contributed by atoms with E-state index < -0.39 is 26.1 Å². The summed E-state index contributed by atoms with van der Waals surface area (Å²) < 4.78 is 60.0. The van der Waals surface area contributed by atoms with E-state index in [9.17, 15) is 26.4 Å². The fourth-order valence-corrected chi connectivity index (χ4v) is 2.25. The van der Waals surface area contributed by atoms with Gasteiger partial charge in [-0.25, -0.2) is 8.42 Å². The Hall–Kier alpha value is -2.63. The Morgan fingerprint density at radius 2 is 2.00 bits per heavy atom. The van der Waals surface area contributed by atoms with Crippen LogP contribution in [-0.4, -0.2) is 35.0 Å². The summed E-state index contributed by atoms with van der Waals surface area (Å²) in [6.07, 6.45) is 0. The summed E-state index contributed by atoms with van der Waals surface area (Å²) in [5, 5.41) is 7.78. The number of amides is 1. The number of nitrogen functional groups attached to an aromatic ring is 1. The number of nitrogens with two attached hydrogens (primary N) is 1. The molecule has 0 spiro atoms. The predicted molar refractivity (Wildman–Crippen MR) is 68.4 cm³/mol. The van der Waals surface area contributed by atoms with Crippen molar-refractivity contribution in [2.75, 3.05) is 11.1 Å². The fourth-order valence-electron chi connectivity index (χ4n) is 1.44. The molecule has 1 heterocycles. The lowest BCUT2D eigenvalue weighted by atomic mass is 10.3. The maximum absolute atomic E-state index is 12.5. The summed E-state index contributed by atoms with van der Waals surface area (Å²) in [7, 11) is -5.50. The number of nitrogens with zero attached hydrogens (tertiary/aromatic N) is 2. The zero-order valence-corrected chi connectivity index (χ0v) is 11.4. The van der Waals surface area contributed by atoms with E-state index in [1.54, 1.807) is 0 Å². The number of aromatic nitrogens is 3. The number of H-pyrrole nitrogens is 1. The van der Waals surface area contributed by atoms with Gasteiger partial charge in [0.2, 0.25) is 11.8 Å². The maximum atomic E-state index is 12.5. The number of halogens is 3. The second-order valence-electron chi connectivity index (χ2n) is 3.97. The van der Waals surface area contributed by atoms with Crippen LogP contribution in [-0.2, 0) is 9.84 Å². The van der Waals surface area contributed by atoms with Gasteiger partial charge in [0.25, 0.3) is 15.7 Å². The Morgan fingerprint density at radius 1 is 1.32 bits per heavy atom. The molecular formula is C10H8F3N5O3S. The fraction of sp³-hybridized carbons (Fsp3) is 0.100. The van der Waals surface area contributed by atoms with E-state index in [1.165, 1.54) is 6.07 Å². The van der Waals surface area contributed by atoms with E-state index >= 15 is 0 Å². The van der Waals surface area contributed by atoms with Crippen LogP contribution in [0.1, 0.15) is 10.6 Å². The molecule has 118 valence electrons. The largest absolute Gasteiger partial charge is 0.501 e. The van der Waals surface area contributed by atoms with E-state index in [4.69, 9.17) is 5.73 Å². The average Bonchev–Trinajstić information content (AvgIpc) is 2.84. The lowest BCUT2D eigenvalue weighted by Gasteiger charge is -2.09. The van der Waals surface area contributed by atoms with Gasteiger partial charge >= 0.3 is 5.51 Å². The Balaban J connectivity index is 2.28. The molecule has 0 bridgehead atoms. The first-order chi connectivity index (χ1) is 10.1. The molecular weight excluding hydrogens is 327 g/mol. The number of rotatable bonds is 3. The molecule has 0 saturated carbocycles. The van der Waals surface area contributed by atoms with Crippen molar-refractivity contribution in [3.05, 3.63) is 30.1 Å². The van der Waals surface area contributed by atoms with Gasteiger partial charge in [-0.2, -0.15) is 18.2 Å². The van der Waals surface area contributed by atoms with Crippen LogP contribution < -0.4 is 11.1 Å². The monoisotopic (exact) mass is 335 g/mol. The maximum Gasteiger partial charge on any atom is 0.501 e. The number of carbonyl (C=O) groups excluding carboxylic acids is 1. The SMILES string of the molecule is Nc1n[nH]c(C(=O)Nc2cccc(S(=O)(=O)C(F)(F)F)c2)n1. The highest BCUT2D eigenvalue weighted by atomic mass is 32.2. The van der Waals surface area contributed by atoms with Gasteiger partial charge in [0.15, 0.2) is 0 Å². The molecule has 0 aliphatic carbocycles. The van der Waals surface area contributed by atoms with E-state index in [0.29, 0.717) is 6.07 Å². The molecule has 1 aromatic heterocycles. The van der Waals surface area contributed by atoms with Crippen LogP contribution in [0.25, 0.3) is 0 Å². The van der Waals surface area contributed by atoms with Crippen molar-refractivity contribution >= 4 is 27.4 Å². The second kappa shape index (κ2) is 5.29. The molecule has 22 heavy (non-hydrogen) atoms. The Kier molecular flexibility index (Phi) is 3.79. The highest BCUT2D eigenvalue weighted by molar-refractivity contribution is 7.92. The molecule has 0 aliphatic heterocycles. The van der Waals surface area contributed by atoms with Crippen molar-refractivity contribution in [1.82, 2.24) is 15.2 Å². The molecule has 1 amide bonds. The molecule has 1 aromatic carbocycles. The number of aromatic amines is 1. The third kappa shape index (κ3) is 3.00. The first kappa shape index (κ1) is 15.8. The molecule has 4 N–H and O–H groups in total. The Morgan fingerprint density at radius 3 is 2.55 bits per heavy atom. The zero-order valence-electron chi connectivity index (χ0n) is 10.5. The van der Waals surface area contributed by atoms with Crippen molar-refractivity contribution in [2.45, 2.75) is 10.4 Å². The van der Waals surface area contributed by atoms with Gasteiger partial charge in [-0.15, -0.1) is 5.10 Å². The molecule has 2 aromatic rings. The molecule has 0 aliphatic rings. The number of hydrogen-bond acceptors (Lipinski definition) is 6. The molecule has 0 fully saturated rings. The Labute approximate surface area is 121 Å². The average molecular weight is 335 g/mol. The molecule has 0 atom stereocenters. The summed E-state index contributed by atoms with van der Waals surface area (Å²) in [6, 6.07) is 3.72. The number of hydrogen-bond donors (Lipinski definition) is 3. The van der Waals surface area contributed by atoms with Crippen molar-refractivity contribution in [3.63, 3.8) is 0 Å². The number of carbonyl (C=O) groups is 1. The van der Waals surface area contributed by atoms with Crippen molar-refractivity contribution in [2.24, 2.45) is 0 Å². The smallest absolute Gasteiger partial charge is 0.366 e. The summed E-state index contributed by atoms with van der Waals surface area (Å²) in [5.41, 5.74) is -0.396. The summed E-state index contributed by atoms with van der Waals surface area (Å²) in [5.74, 6) is -1.31. The summed E-state index contributed by atoms with van der Waals surface area (Å²) >= 11 is 0. The Bertz CT molecular complexity index is 815. The van der Waals surface area contributed by atoms with Gasteiger partial charge < -0.3 is 11.1 Å². The van der Waals surface area contributed by atoms with Crippen LogP contribution in [0.4, 0.5) is 24.8 Å². The number of benzene rings is 1. The number of anilines is 2. The highest BCUT2D eigenvalue weighted by Gasteiger charge is 2.46. The lowest BCUT2D eigenvalue weighted by molar-refractivity contribution is -0.0435. The summed E-state index contributed by atoms with van der Waals surface area (Å²) in [4.78, 5) is 14.2. The van der Waals surface area contributed by atoms with Gasteiger partial charge in [0.05, 0.1) is 4.90 Å². The van der Waals surface area contributed by atoms with Crippen LogP contribution in [0, 0.1) is 0 Å². The number of alkyl halides is 3. The molecule has 12 heteroatoms. The van der Waals surface area contributed by atoms with Crippen LogP contribution in [0.2, 0.25) is 0 Å². The molecule has 2 rings (SSSR count). The van der Waals surface area contributed by atoms with E-state index in [2.05, 4.69) is 20.5 Å². The number of nitrogens with one attached hydrogen (secondary N) is 2. The van der Waals surface area contributed by atoms with Crippen LogP contribution >= 0.6 is 0 Å². The second-order valence-corrected chi connectivity index (χ2v) is 5.91. The minimum Gasteiger partial charge on any atom is -0.366 e. The lowest BCUT2D eigenvalue weighted by Crippen LogP contribution is -2.23. The third-order valence-corrected chi connectivity index (χ3v) is 3.91. The minimum absolute atomic E-state index is 0.162. The summed E-state index contributed by atoms with van der Waals surface area (Å²) in [6.45, 7) is 0. The van der Waals surface area contributed by atoms with E-state index in [1.807, 2.05) is 0 Å². The van der Waals surface area contributed by atoms with Gasteiger partial charge in [0.1, 0.15) is 0 Å². The zero-order chi connectivity index (χ0) is 16.5. The normalized spacial score (nSPS) is 12.1. The minimum atomic E-state index is -5.50. The topological polar surface area (TPSA) is 131 Å². The van der Waals surface area contributed by atoms with E-state index in [-0.39, 0.29) is 17.5 Å². The van der Waals surface area contributed by atoms with Crippen molar-refractivity contribution < 1.29 is 26.4 Å². The van der Waals surface area contributed by atoms with Crippen LogP contribution in [0.5, 0.6) is 0 Å². The quantitative estimate of drug-likeness (QED) is 0.765. The predicted octanol–water partition coefficient (Wildman–Crippen LogP) is 0.933. The van der Waals surface area contributed by atoms with E-state index in [0.717, 1.165) is 12.1 Å². The van der Waals surface area contributed by atoms with Crippen molar-refractivity contribution in [3.8, 4) is 0 Å². The first-order valence-corrected chi connectivity index (χ1v) is 7.00. The highest BCUT2D eigenvalue weighted by Crippen LogP contribution is 2.31.